The third-order valence-corrected chi connectivity index (χ3v) is 4.20. The van der Waals surface area contributed by atoms with Crippen LogP contribution in [-0.2, 0) is 0 Å². The quantitative estimate of drug-likeness (QED) is 0.604. The van der Waals surface area contributed by atoms with Crippen molar-refractivity contribution in [3.05, 3.63) is 58.7 Å². The molecule has 0 amide bonds. The van der Waals surface area contributed by atoms with Crippen molar-refractivity contribution < 1.29 is 9.47 Å². The summed E-state index contributed by atoms with van der Waals surface area (Å²) in [7, 11) is 3.23. The molecule has 0 bridgehead atoms. The Labute approximate surface area is 163 Å². The second-order valence-electron chi connectivity index (χ2n) is 5.99. The minimum atomic E-state index is 0.496. The maximum Gasteiger partial charge on any atom is 0.229 e. The smallest absolute Gasteiger partial charge is 0.229 e. The Kier molecular flexibility index (Phi) is 5.66. The zero-order chi connectivity index (χ0) is 19.4. The molecular formula is C20H21ClN4O2. The van der Waals surface area contributed by atoms with Gasteiger partial charge in [0.25, 0.3) is 0 Å². The molecule has 6 nitrogen and oxygen atoms in total. The molecule has 2 N–H and O–H groups in total. The van der Waals surface area contributed by atoms with Gasteiger partial charge in [-0.3, -0.25) is 0 Å². The molecule has 0 aliphatic heterocycles. The molecule has 0 aliphatic carbocycles. The minimum Gasteiger partial charge on any atom is -0.497 e. The second kappa shape index (κ2) is 8.14. The highest BCUT2D eigenvalue weighted by Crippen LogP contribution is 2.31. The summed E-state index contributed by atoms with van der Waals surface area (Å²) in [5, 5.41) is 7.21. The van der Waals surface area contributed by atoms with Crippen LogP contribution in [0.15, 0.2) is 42.5 Å². The van der Waals surface area contributed by atoms with Gasteiger partial charge in [0, 0.05) is 28.5 Å². The number of aryl methyl sites for hydroxylation is 2. The highest BCUT2D eigenvalue weighted by atomic mass is 35.5. The molecule has 2 aromatic carbocycles. The molecule has 7 heteroatoms. The molecule has 27 heavy (non-hydrogen) atoms. The summed E-state index contributed by atoms with van der Waals surface area (Å²) in [6.45, 7) is 3.89. The van der Waals surface area contributed by atoms with Gasteiger partial charge in [-0.25, -0.2) is 4.98 Å². The fraction of sp³-hybridized carbons (Fsp3) is 0.200. The maximum atomic E-state index is 6.02. The molecule has 0 radical (unpaired) electrons. The fourth-order valence-electron chi connectivity index (χ4n) is 2.62. The summed E-state index contributed by atoms with van der Waals surface area (Å²) < 4.78 is 10.7. The minimum absolute atomic E-state index is 0.496. The number of anilines is 4. The molecule has 0 unspecified atom stereocenters. The van der Waals surface area contributed by atoms with E-state index < -0.39 is 0 Å². The van der Waals surface area contributed by atoms with Gasteiger partial charge in [0.05, 0.1) is 19.9 Å². The zero-order valence-corrected chi connectivity index (χ0v) is 16.4. The number of aromatic nitrogens is 2. The van der Waals surface area contributed by atoms with Crippen LogP contribution in [0, 0.1) is 13.8 Å². The van der Waals surface area contributed by atoms with E-state index in [9.17, 15) is 0 Å². The molecule has 0 fully saturated rings. The Bertz CT molecular complexity index is 963. The van der Waals surface area contributed by atoms with Crippen LogP contribution in [0.4, 0.5) is 23.1 Å². The molecule has 3 rings (SSSR count). The number of nitrogens with zero attached hydrogens (tertiary/aromatic N) is 2. The standard InChI is InChI=1S/C20H21ClN4O2/c1-12-9-14(21)5-7-16(12)24-20-22-13(2)10-19(25-20)23-17-8-6-15(26-3)11-18(17)27-4/h5-11H,1-4H3,(H2,22,23,24,25). The van der Waals surface area contributed by atoms with E-state index in [1.807, 2.05) is 56.3 Å². The molecule has 0 spiro atoms. The van der Waals surface area contributed by atoms with Crippen LogP contribution in [0.3, 0.4) is 0 Å². The highest BCUT2D eigenvalue weighted by molar-refractivity contribution is 6.30. The average molecular weight is 385 g/mol. The Hall–Kier alpha value is -2.99. The van der Waals surface area contributed by atoms with Crippen LogP contribution < -0.4 is 20.1 Å². The van der Waals surface area contributed by atoms with Crippen molar-refractivity contribution in [2.24, 2.45) is 0 Å². The van der Waals surface area contributed by atoms with Crippen LogP contribution in [0.25, 0.3) is 0 Å². The van der Waals surface area contributed by atoms with E-state index in [4.69, 9.17) is 21.1 Å². The van der Waals surface area contributed by atoms with Gasteiger partial charge >= 0.3 is 0 Å². The number of methoxy groups -OCH3 is 2. The van der Waals surface area contributed by atoms with Crippen molar-refractivity contribution in [2.75, 3.05) is 24.9 Å². The Morgan fingerprint density at radius 2 is 1.63 bits per heavy atom. The number of rotatable bonds is 6. The first-order valence-corrected chi connectivity index (χ1v) is 8.74. The van der Waals surface area contributed by atoms with E-state index in [0.717, 1.165) is 28.4 Å². The van der Waals surface area contributed by atoms with Crippen molar-refractivity contribution in [1.29, 1.82) is 0 Å². The molecule has 0 atom stereocenters. The number of halogens is 1. The van der Waals surface area contributed by atoms with Crippen molar-refractivity contribution in [2.45, 2.75) is 13.8 Å². The normalized spacial score (nSPS) is 10.4. The van der Waals surface area contributed by atoms with E-state index >= 15 is 0 Å². The Morgan fingerprint density at radius 1 is 0.852 bits per heavy atom. The van der Waals surface area contributed by atoms with Crippen LogP contribution in [0.2, 0.25) is 5.02 Å². The average Bonchev–Trinajstić information content (AvgIpc) is 2.64. The van der Waals surface area contributed by atoms with Gasteiger partial charge in [0.2, 0.25) is 5.95 Å². The van der Waals surface area contributed by atoms with Crippen molar-refractivity contribution in [1.82, 2.24) is 9.97 Å². The van der Waals surface area contributed by atoms with Gasteiger partial charge in [0.15, 0.2) is 0 Å². The number of hydrogen-bond donors (Lipinski definition) is 2. The second-order valence-corrected chi connectivity index (χ2v) is 6.43. The van der Waals surface area contributed by atoms with Gasteiger partial charge in [-0.05, 0) is 49.7 Å². The van der Waals surface area contributed by atoms with Crippen LogP contribution in [-0.4, -0.2) is 24.2 Å². The monoisotopic (exact) mass is 384 g/mol. The Balaban J connectivity index is 1.87. The lowest BCUT2D eigenvalue weighted by molar-refractivity contribution is 0.395. The molecular weight excluding hydrogens is 364 g/mol. The zero-order valence-electron chi connectivity index (χ0n) is 15.6. The number of hydrogen-bond acceptors (Lipinski definition) is 6. The summed E-state index contributed by atoms with van der Waals surface area (Å²) in [4.78, 5) is 9.01. The lowest BCUT2D eigenvalue weighted by Crippen LogP contribution is -2.04. The number of benzene rings is 2. The molecule has 3 aromatic rings. The van der Waals surface area contributed by atoms with E-state index in [1.165, 1.54) is 0 Å². The maximum absolute atomic E-state index is 6.02. The van der Waals surface area contributed by atoms with Crippen molar-refractivity contribution in [3.8, 4) is 11.5 Å². The van der Waals surface area contributed by atoms with Gasteiger partial charge < -0.3 is 20.1 Å². The number of nitrogens with one attached hydrogen (secondary N) is 2. The van der Waals surface area contributed by atoms with Gasteiger partial charge in [0.1, 0.15) is 17.3 Å². The molecule has 140 valence electrons. The van der Waals surface area contributed by atoms with Gasteiger partial charge in [-0.2, -0.15) is 4.98 Å². The Morgan fingerprint density at radius 3 is 2.33 bits per heavy atom. The molecule has 0 saturated carbocycles. The first kappa shape index (κ1) is 18.8. The summed E-state index contributed by atoms with van der Waals surface area (Å²) in [6, 6.07) is 13.0. The molecule has 0 aliphatic rings. The topological polar surface area (TPSA) is 68.3 Å². The third kappa shape index (κ3) is 4.60. The highest BCUT2D eigenvalue weighted by Gasteiger charge is 2.09. The SMILES string of the molecule is COc1ccc(Nc2cc(C)nc(Nc3ccc(Cl)cc3C)n2)c(OC)c1. The predicted molar refractivity (Wildman–Crippen MR) is 109 cm³/mol. The largest absolute Gasteiger partial charge is 0.497 e. The number of ether oxygens (including phenoxy) is 2. The molecule has 1 heterocycles. The first-order valence-electron chi connectivity index (χ1n) is 8.36. The van der Waals surface area contributed by atoms with Crippen LogP contribution in [0.1, 0.15) is 11.3 Å². The lowest BCUT2D eigenvalue weighted by Gasteiger charge is -2.14. The lowest BCUT2D eigenvalue weighted by atomic mass is 10.2. The summed E-state index contributed by atoms with van der Waals surface area (Å²) in [5.74, 6) is 2.53. The third-order valence-electron chi connectivity index (χ3n) is 3.96. The van der Waals surface area contributed by atoms with Crippen LogP contribution >= 0.6 is 11.6 Å². The van der Waals surface area contributed by atoms with Crippen molar-refractivity contribution in [3.63, 3.8) is 0 Å². The summed E-state index contributed by atoms with van der Waals surface area (Å²) in [5.41, 5.74) is 3.52. The van der Waals surface area contributed by atoms with Gasteiger partial charge in [-0.15, -0.1) is 0 Å². The predicted octanol–water partition coefficient (Wildman–Crippen LogP) is 5.25. The fourth-order valence-corrected chi connectivity index (χ4v) is 2.84. The van der Waals surface area contributed by atoms with E-state index in [-0.39, 0.29) is 0 Å². The van der Waals surface area contributed by atoms with E-state index in [2.05, 4.69) is 20.6 Å². The van der Waals surface area contributed by atoms with E-state index in [0.29, 0.717) is 22.5 Å². The van der Waals surface area contributed by atoms with E-state index in [1.54, 1.807) is 14.2 Å². The summed E-state index contributed by atoms with van der Waals surface area (Å²) >= 11 is 6.02. The van der Waals surface area contributed by atoms with Crippen molar-refractivity contribution >= 4 is 34.7 Å². The van der Waals surface area contributed by atoms with Gasteiger partial charge in [-0.1, -0.05) is 11.6 Å². The molecule has 0 saturated heterocycles. The molecule has 1 aromatic heterocycles. The summed E-state index contributed by atoms with van der Waals surface area (Å²) in [6.07, 6.45) is 0. The first-order chi connectivity index (χ1) is 13.0. The van der Waals surface area contributed by atoms with Crippen LogP contribution in [0.5, 0.6) is 11.5 Å².